The largest absolute Gasteiger partial charge is 0.487 e. The summed E-state index contributed by atoms with van der Waals surface area (Å²) in [6.07, 6.45) is 3.17. The molecular formula is C19H30O7. The minimum atomic E-state index is -0.0750. The lowest BCUT2D eigenvalue weighted by Gasteiger charge is -2.22. The fourth-order valence-corrected chi connectivity index (χ4v) is 2.46. The summed E-state index contributed by atoms with van der Waals surface area (Å²) < 4.78 is 33.1. The molecule has 7 nitrogen and oxygen atoms in total. The van der Waals surface area contributed by atoms with Gasteiger partial charge < -0.3 is 33.5 Å². The van der Waals surface area contributed by atoms with Gasteiger partial charge in [0.2, 0.25) is 0 Å². The van der Waals surface area contributed by atoms with Crippen LogP contribution in [-0.4, -0.2) is 70.9 Å². The van der Waals surface area contributed by atoms with Gasteiger partial charge >= 0.3 is 0 Å². The van der Waals surface area contributed by atoms with E-state index in [9.17, 15) is 0 Å². The van der Waals surface area contributed by atoms with Gasteiger partial charge in [-0.05, 0) is 31.4 Å². The topological polar surface area (TPSA) is 75.6 Å². The van der Waals surface area contributed by atoms with Crippen molar-refractivity contribution in [3.8, 4) is 11.5 Å². The summed E-state index contributed by atoms with van der Waals surface area (Å²) in [5.74, 6) is 1.34. The Labute approximate surface area is 155 Å². The average molecular weight is 370 g/mol. The molecule has 7 heteroatoms. The Kier molecular flexibility index (Phi) is 11.1. The van der Waals surface area contributed by atoms with Crippen molar-refractivity contribution in [2.75, 3.05) is 59.5 Å². The summed E-state index contributed by atoms with van der Waals surface area (Å²) in [6, 6.07) is 7.48. The quantitative estimate of drug-likeness (QED) is 0.502. The lowest BCUT2D eigenvalue weighted by atomic mass is 10.2. The van der Waals surface area contributed by atoms with Gasteiger partial charge in [-0.25, -0.2) is 0 Å². The van der Waals surface area contributed by atoms with E-state index in [4.69, 9.17) is 33.5 Å². The number of aliphatic hydroxyl groups excluding tert-OH is 1. The number of ether oxygens (including phenoxy) is 6. The third kappa shape index (κ3) is 8.82. The Morgan fingerprint density at radius 3 is 2.12 bits per heavy atom. The van der Waals surface area contributed by atoms with E-state index in [0.717, 1.165) is 25.9 Å². The average Bonchev–Trinajstić information content (AvgIpc) is 2.69. The van der Waals surface area contributed by atoms with E-state index >= 15 is 0 Å². The third-order valence-corrected chi connectivity index (χ3v) is 3.72. The molecule has 148 valence electrons. The second-order valence-corrected chi connectivity index (χ2v) is 5.76. The third-order valence-electron chi connectivity index (χ3n) is 3.72. The highest BCUT2D eigenvalue weighted by molar-refractivity contribution is 5.39. The molecule has 1 aliphatic heterocycles. The number of para-hydroxylation sites is 2. The van der Waals surface area contributed by atoms with Crippen LogP contribution in [0.25, 0.3) is 0 Å². The van der Waals surface area contributed by atoms with Crippen molar-refractivity contribution in [2.24, 2.45) is 0 Å². The van der Waals surface area contributed by atoms with Crippen LogP contribution in [0.3, 0.4) is 0 Å². The van der Waals surface area contributed by atoms with Gasteiger partial charge in [-0.2, -0.15) is 0 Å². The Bertz CT molecular complexity index is 463. The van der Waals surface area contributed by atoms with Crippen molar-refractivity contribution < 1.29 is 33.5 Å². The monoisotopic (exact) mass is 370 g/mol. The molecule has 0 saturated carbocycles. The Balaban J connectivity index is 1.53. The van der Waals surface area contributed by atoms with Gasteiger partial charge in [-0.15, -0.1) is 0 Å². The minimum absolute atomic E-state index is 0.0123. The molecule has 0 aromatic heterocycles. The molecule has 1 aromatic carbocycles. The van der Waals surface area contributed by atoms with Gasteiger partial charge in [0.1, 0.15) is 13.2 Å². The van der Waals surface area contributed by atoms with Crippen molar-refractivity contribution in [2.45, 2.75) is 25.6 Å². The van der Waals surface area contributed by atoms with Crippen molar-refractivity contribution in [1.82, 2.24) is 0 Å². The first-order valence-electron chi connectivity index (χ1n) is 9.24. The predicted molar refractivity (Wildman–Crippen MR) is 95.7 cm³/mol. The Hall–Kier alpha value is -1.38. The van der Waals surface area contributed by atoms with Crippen LogP contribution in [0.4, 0.5) is 0 Å². The first-order valence-corrected chi connectivity index (χ1v) is 9.24. The van der Waals surface area contributed by atoms with Crippen LogP contribution in [0.15, 0.2) is 24.3 Å². The predicted octanol–water partition coefficient (Wildman–Crippen LogP) is 2.01. The molecule has 1 saturated heterocycles. The van der Waals surface area contributed by atoms with E-state index in [2.05, 4.69) is 0 Å². The van der Waals surface area contributed by atoms with E-state index in [-0.39, 0.29) is 12.9 Å². The maximum Gasteiger partial charge on any atom is 0.161 e. The van der Waals surface area contributed by atoms with Crippen molar-refractivity contribution in [3.63, 3.8) is 0 Å². The van der Waals surface area contributed by atoms with Gasteiger partial charge in [0, 0.05) is 6.61 Å². The molecule has 1 fully saturated rings. The second kappa shape index (κ2) is 13.8. The van der Waals surface area contributed by atoms with Crippen LogP contribution in [0.1, 0.15) is 19.3 Å². The Morgan fingerprint density at radius 2 is 1.50 bits per heavy atom. The first-order chi connectivity index (χ1) is 12.9. The van der Waals surface area contributed by atoms with E-state index in [1.807, 2.05) is 24.3 Å². The number of benzene rings is 1. The zero-order valence-corrected chi connectivity index (χ0v) is 15.3. The van der Waals surface area contributed by atoms with E-state index in [0.29, 0.717) is 57.7 Å². The van der Waals surface area contributed by atoms with E-state index < -0.39 is 0 Å². The molecule has 1 atom stereocenters. The number of rotatable bonds is 14. The van der Waals surface area contributed by atoms with Gasteiger partial charge in [0.05, 0.1) is 39.6 Å². The molecule has 0 radical (unpaired) electrons. The van der Waals surface area contributed by atoms with Crippen LogP contribution < -0.4 is 9.47 Å². The van der Waals surface area contributed by atoms with Gasteiger partial charge in [0.15, 0.2) is 17.8 Å². The molecular weight excluding hydrogens is 340 g/mol. The van der Waals surface area contributed by atoms with Gasteiger partial charge in [-0.3, -0.25) is 0 Å². The van der Waals surface area contributed by atoms with Gasteiger partial charge in [-0.1, -0.05) is 12.1 Å². The smallest absolute Gasteiger partial charge is 0.161 e. The van der Waals surface area contributed by atoms with Crippen LogP contribution in [0.2, 0.25) is 0 Å². The van der Waals surface area contributed by atoms with Gasteiger partial charge in [0.25, 0.3) is 0 Å². The van der Waals surface area contributed by atoms with Crippen molar-refractivity contribution in [3.05, 3.63) is 24.3 Å². The summed E-state index contributed by atoms with van der Waals surface area (Å²) in [6.45, 7) is 3.88. The number of hydrogen-bond donors (Lipinski definition) is 1. The lowest BCUT2D eigenvalue weighted by Crippen LogP contribution is -2.24. The first kappa shape index (κ1) is 20.9. The molecule has 1 aromatic rings. The normalized spacial score (nSPS) is 17.2. The summed E-state index contributed by atoms with van der Waals surface area (Å²) in [7, 11) is 0. The molecule has 1 heterocycles. The van der Waals surface area contributed by atoms with Crippen molar-refractivity contribution >= 4 is 0 Å². The summed E-state index contributed by atoms with van der Waals surface area (Å²) in [5.41, 5.74) is 0. The van der Waals surface area contributed by atoms with Crippen LogP contribution >= 0.6 is 0 Å². The summed E-state index contributed by atoms with van der Waals surface area (Å²) >= 11 is 0. The maximum atomic E-state index is 8.66. The lowest BCUT2D eigenvalue weighted by molar-refractivity contribution is -0.169. The number of hydrogen-bond acceptors (Lipinski definition) is 7. The summed E-state index contributed by atoms with van der Waals surface area (Å²) in [4.78, 5) is 0. The Morgan fingerprint density at radius 1 is 0.846 bits per heavy atom. The molecule has 0 spiro atoms. The zero-order valence-electron chi connectivity index (χ0n) is 15.3. The molecule has 1 aliphatic rings. The molecule has 26 heavy (non-hydrogen) atoms. The van der Waals surface area contributed by atoms with Crippen molar-refractivity contribution in [1.29, 1.82) is 0 Å². The van der Waals surface area contributed by atoms with E-state index in [1.54, 1.807) is 0 Å². The van der Waals surface area contributed by atoms with Crippen LogP contribution in [-0.2, 0) is 18.9 Å². The fraction of sp³-hybridized carbons (Fsp3) is 0.684. The SMILES string of the molecule is OCCOCCOc1ccccc1OCCOCCOC1CCCCO1. The molecule has 0 amide bonds. The molecule has 0 bridgehead atoms. The fourth-order valence-electron chi connectivity index (χ4n) is 2.46. The zero-order chi connectivity index (χ0) is 18.3. The molecule has 2 rings (SSSR count). The standard InChI is InChI=1S/C19H30O7/c20-8-10-21-11-14-23-17-5-1-2-6-18(17)24-15-12-22-13-16-26-19-7-3-4-9-25-19/h1-2,5-6,19-20H,3-4,7-16H2. The number of aliphatic hydroxyl groups is 1. The highest BCUT2D eigenvalue weighted by Crippen LogP contribution is 2.26. The summed E-state index contributed by atoms with van der Waals surface area (Å²) in [5, 5.41) is 8.66. The molecule has 1 N–H and O–H groups in total. The second-order valence-electron chi connectivity index (χ2n) is 5.76. The molecule has 1 unspecified atom stereocenters. The minimum Gasteiger partial charge on any atom is -0.487 e. The van der Waals surface area contributed by atoms with Crippen LogP contribution in [0, 0.1) is 0 Å². The maximum absolute atomic E-state index is 8.66. The van der Waals surface area contributed by atoms with E-state index in [1.165, 1.54) is 0 Å². The van der Waals surface area contributed by atoms with Crippen LogP contribution in [0.5, 0.6) is 11.5 Å². The highest BCUT2D eigenvalue weighted by Gasteiger charge is 2.13. The highest BCUT2D eigenvalue weighted by atomic mass is 16.7. The molecule has 0 aliphatic carbocycles.